The quantitative estimate of drug-likeness (QED) is 0.356. The second kappa shape index (κ2) is 8.20. The number of hydrogen-bond donors (Lipinski definition) is 1. The number of aldehydes is 1. The molecule has 1 N–H and O–H groups in total. The highest BCUT2D eigenvalue weighted by molar-refractivity contribution is 5.69. The van der Waals surface area contributed by atoms with E-state index < -0.39 is 42.8 Å². The van der Waals surface area contributed by atoms with Gasteiger partial charge in [0.05, 0.1) is 0 Å². The Bertz CT molecular complexity index is 351. The van der Waals surface area contributed by atoms with Crippen LogP contribution >= 0.6 is 0 Å². The van der Waals surface area contributed by atoms with Crippen molar-refractivity contribution in [2.45, 2.75) is 39.1 Å². The summed E-state index contributed by atoms with van der Waals surface area (Å²) in [4.78, 5) is 43.1. The van der Waals surface area contributed by atoms with Gasteiger partial charge in [0, 0.05) is 20.8 Å². The monoisotopic (exact) mass is 276 g/mol. The molecule has 0 aromatic rings. The van der Waals surface area contributed by atoms with Crippen LogP contribution in [-0.4, -0.2) is 54.2 Å². The fourth-order valence-electron chi connectivity index (χ4n) is 1.24. The summed E-state index contributed by atoms with van der Waals surface area (Å²) in [6.45, 7) is 2.82. The zero-order valence-electron chi connectivity index (χ0n) is 10.8. The summed E-state index contributed by atoms with van der Waals surface area (Å²) in [6, 6.07) is 0. The zero-order valence-corrected chi connectivity index (χ0v) is 10.8. The molecule has 108 valence electrons. The molecule has 0 aromatic heterocycles. The number of ether oxygens (including phenoxy) is 3. The second-order valence-corrected chi connectivity index (χ2v) is 3.65. The predicted octanol–water partition coefficient (Wildman–Crippen LogP) is -1.03. The average molecular weight is 276 g/mol. The van der Waals surface area contributed by atoms with Gasteiger partial charge in [0.25, 0.3) is 0 Å². The second-order valence-electron chi connectivity index (χ2n) is 3.65. The predicted molar refractivity (Wildman–Crippen MR) is 59.8 cm³/mol. The van der Waals surface area contributed by atoms with E-state index in [9.17, 15) is 24.3 Å². The highest BCUT2D eigenvalue weighted by Gasteiger charge is 2.34. The molecule has 0 unspecified atom stereocenters. The minimum absolute atomic E-state index is 0.123. The molecule has 0 saturated heterocycles. The Morgan fingerprint density at radius 3 is 1.95 bits per heavy atom. The molecule has 0 aliphatic rings. The minimum atomic E-state index is -1.70. The highest BCUT2D eigenvalue weighted by Crippen LogP contribution is 2.10. The molecule has 0 aromatic carbocycles. The van der Waals surface area contributed by atoms with E-state index in [1.165, 1.54) is 0 Å². The third-order valence-corrected chi connectivity index (χ3v) is 1.91. The van der Waals surface area contributed by atoms with Crippen molar-refractivity contribution in [2.75, 3.05) is 6.61 Å². The summed E-state index contributed by atoms with van der Waals surface area (Å²) in [7, 11) is 0. The Labute approximate surface area is 109 Å². The van der Waals surface area contributed by atoms with E-state index >= 15 is 0 Å². The largest absolute Gasteiger partial charge is 0.462 e. The van der Waals surface area contributed by atoms with Gasteiger partial charge in [-0.2, -0.15) is 0 Å². The molecule has 8 nitrogen and oxygen atoms in total. The lowest BCUT2D eigenvalue weighted by Crippen LogP contribution is -2.46. The normalized spacial score (nSPS) is 14.7. The number of rotatable bonds is 7. The first-order valence-corrected chi connectivity index (χ1v) is 5.39. The van der Waals surface area contributed by atoms with E-state index in [1.54, 1.807) is 0 Å². The van der Waals surface area contributed by atoms with Crippen molar-refractivity contribution in [1.29, 1.82) is 0 Å². The van der Waals surface area contributed by atoms with Crippen molar-refractivity contribution in [3.63, 3.8) is 0 Å². The number of carbonyl (C=O) groups excluding carboxylic acids is 4. The first-order chi connectivity index (χ1) is 8.77. The summed E-state index contributed by atoms with van der Waals surface area (Å²) < 4.78 is 14.1. The summed E-state index contributed by atoms with van der Waals surface area (Å²) in [6.07, 6.45) is -4.30. The van der Waals surface area contributed by atoms with Crippen molar-refractivity contribution in [3.8, 4) is 0 Å². The first kappa shape index (κ1) is 17.0. The average Bonchev–Trinajstić information content (AvgIpc) is 2.29. The maximum absolute atomic E-state index is 10.9. The lowest BCUT2D eigenvalue weighted by Gasteiger charge is -2.27. The van der Waals surface area contributed by atoms with Gasteiger partial charge in [-0.25, -0.2) is 0 Å². The third-order valence-electron chi connectivity index (χ3n) is 1.91. The van der Waals surface area contributed by atoms with Gasteiger partial charge in [0.1, 0.15) is 12.7 Å². The molecule has 8 heteroatoms. The molecule has 3 atom stereocenters. The van der Waals surface area contributed by atoms with Gasteiger partial charge in [0.2, 0.25) is 0 Å². The minimum Gasteiger partial charge on any atom is -0.462 e. The van der Waals surface area contributed by atoms with Crippen LogP contribution < -0.4 is 0 Å². The maximum atomic E-state index is 10.9. The number of carbonyl (C=O) groups is 4. The van der Waals surface area contributed by atoms with Crippen molar-refractivity contribution in [2.24, 2.45) is 0 Å². The zero-order chi connectivity index (χ0) is 15.0. The Morgan fingerprint density at radius 1 is 1.05 bits per heavy atom. The van der Waals surface area contributed by atoms with E-state index in [0.29, 0.717) is 0 Å². The van der Waals surface area contributed by atoms with Crippen LogP contribution in [-0.2, 0) is 33.4 Å². The van der Waals surface area contributed by atoms with Crippen LogP contribution in [0.15, 0.2) is 0 Å². The van der Waals surface area contributed by atoms with Crippen LogP contribution in [0.4, 0.5) is 0 Å². The molecule has 0 fully saturated rings. The Balaban J connectivity index is 4.97. The number of esters is 3. The van der Waals surface area contributed by atoms with Gasteiger partial charge < -0.3 is 24.1 Å². The molecular formula is C11H16O8. The first-order valence-electron chi connectivity index (χ1n) is 5.39. The van der Waals surface area contributed by atoms with Gasteiger partial charge in [-0.1, -0.05) is 0 Å². The molecule has 0 rings (SSSR count). The van der Waals surface area contributed by atoms with Gasteiger partial charge >= 0.3 is 17.9 Å². The number of hydrogen-bond acceptors (Lipinski definition) is 8. The summed E-state index contributed by atoms with van der Waals surface area (Å²) >= 11 is 0. The van der Waals surface area contributed by atoms with E-state index in [0.717, 1.165) is 20.8 Å². The van der Waals surface area contributed by atoms with Crippen LogP contribution in [0.3, 0.4) is 0 Å². The van der Waals surface area contributed by atoms with Crippen molar-refractivity contribution < 1.29 is 38.5 Å². The standard InChI is InChI=1S/C11H16O8/c1-6(13)17-5-10(18-7(2)14)11(9(16)4-12)19-8(3)15/h4,9-11,16H,5H2,1-3H3/t9-,10+,11-/m0/s1. The molecule has 0 bridgehead atoms. The SMILES string of the molecule is CC(=O)OC[C@@H](OC(C)=O)[C@@H](OC(C)=O)[C@@H](O)C=O. The van der Waals surface area contributed by atoms with Gasteiger partial charge in [0.15, 0.2) is 18.5 Å². The molecule has 0 radical (unpaired) electrons. The number of aliphatic hydroxyl groups is 1. The fourth-order valence-corrected chi connectivity index (χ4v) is 1.24. The van der Waals surface area contributed by atoms with E-state index in [4.69, 9.17) is 9.47 Å². The van der Waals surface area contributed by atoms with Gasteiger partial charge in [-0.05, 0) is 0 Å². The third kappa shape index (κ3) is 7.14. The van der Waals surface area contributed by atoms with Crippen molar-refractivity contribution >= 4 is 24.2 Å². The number of aliphatic hydroxyl groups excluding tert-OH is 1. The van der Waals surface area contributed by atoms with Gasteiger partial charge in [-0.3, -0.25) is 14.4 Å². The van der Waals surface area contributed by atoms with E-state index in [1.807, 2.05) is 0 Å². The van der Waals surface area contributed by atoms with Crippen LogP contribution in [0, 0.1) is 0 Å². The molecular weight excluding hydrogens is 260 g/mol. The Morgan fingerprint density at radius 2 is 1.58 bits per heavy atom. The van der Waals surface area contributed by atoms with Crippen LogP contribution in [0.2, 0.25) is 0 Å². The smallest absolute Gasteiger partial charge is 0.303 e. The molecule has 0 aliphatic carbocycles. The summed E-state index contributed by atoms with van der Waals surface area (Å²) in [5, 5.41) is 9.44. The molecule has 0 aliphatic heterocycles. The van der Waals surface area contributed by atoms with Gasteiger partial charge in [-0.15, -0.1) is 0 Å². The molecule has 0 saturated carbocycles. The lowest BCUT2D eigenvalue weighted by atomic mass is 10.1. The van der Waals surface area contributed by atoms with Crippen LogP contribution in [0.5, 0.6) is 0 Å². The molecule has 0 amide bonds. The van der Waals surface area contributed by atoms with Crippen molar-refractivity contribution in [1.82, 2.24) is 0 Å². The fraction of sp³-hybridized carbons (Fsp3) is 0.636. The molecule has 19 heavy (non-hydrogen) atoms. The Hall–Kier alpha value is -1.96. The summed E-state index contributed by atoms with van der Waals surface area (Å²) in [5.74, 6) is -2.18. The topological polar surface area (TPSA) is 116 Å². The van der Waals surface area contributed by atoms with Crippen LogP contribution in [0.25, 0.3) is 0 Å². The maximum Gasteiger partial charge on any atom is 0.303 e. The van der Waals surface area contributed by atoms with Crippen LogP contribution in [0.1, 0.15) is 20.8 Å². The Kier molecular flexibility index (Phi) is 7.35. The summed E-state index contributed by atoms with van der Waals surface area (Å²) in [5.41, 5.74) is 0. The van der Waals surface area contributed by atoms with Crippen molar-refractivity contribution in [3.05, 3.63) is 0 Å². The molecule has 0 heterocycles. The lowest BCUT2D eigenvalue weighted by molar-refractivity contribution is -0.181. The van der Waals surface area contributed by atoms with E-state index in [-0.39, 0.29) is 6.29 Å². The highest BCUT2D eigenvalue weighted by atomic mass is 16.6. The molecule has 0 spiro atoms. The van der Waals surface area contributed by atoms with E-state index in [2.05, 4.69) is 4.74 Å².